The molecule has 0 aliphatic carbocycles. The highest BCUT2D eigenvalue weighted by atomic mass is 16.2. The van der Waals surface area contributed by atoms with E-state index in [1.165, 1.54) is 5.56 Å². The number of carbonyl (C=O) groups is 1. The van der Waals surface area contributed by atoms with Crippen molar-refractivity contribution < 1.29 is 4.79 Å². The molecular weight excluding hydrogens is 324 g/mol. The molecule has 1 aliphatic rings. The van der Waals surface area contributed by atoms with Crippen LogP contribution in [0.3, 0.4) is 0 Å². The van der Waals surface area contributed by atoms with E-state index in [1.54, 1.807) is 0 Å². The van der Waals surface area contributed by atoms with Gasteiger partial charge in [-0.2, -0.15) is 5.10 Å². The minimum Gasteiger partial charge on any atom is -0.352 e. The Labute approximate surface area is 156 Å². The van der Waals surface area contributed by atoms with Crippen molar-refractivity contribution in [2.24, 2.45) is 0 Å². The van der Waals surface area contributed by atoms with Crippen molar-refractivity contribution >= 4 is 11.7 Å². The number of hydrogen-bond acceptors (Lipinski definition) is 4. The highest BCUT2D eigenvalue weighted by Crippen LogP contribution is 2.22. The van der Waals surface area contributed by atoms with Gasteiger partial charge in [-0.25, -0.2) is 0 Å². The fourth-order valence-electron chi connectivity index (χ4n) is 3.15. The van der Waals surface area contributed by atoms with Gasteiger partial charge in [-0.15, -0.1) is 5.10 Å². The van der Waals surface area contributed by atoms with Gasteiger partial charge in [-0.3, -0.25) is 4.79 Å². The SMILES string of the molecule is Cc1ccc(N2CCN(C(=O)Cc3ccc(C(C)(C)C)cc3)CC2)nn1. The molecule has 1 amide bonds. The lowest BCUT2D eigenvalue weighted by atomic mass is 9.86. The summed E-state index contributed by atoms with van der Waals surface area (Å²) >= 11 is 0. The zero-order valence-corrected chi connectivity index (χ0v) is 16.2. The number of rotatable bonds is 3. The fraction of sp³-hybridized carbons (Fsp3) is 0.476. The molecule has 1 aromatic carbocycles. The molecule has 0 saturated carbocycles. The van der Waals surface area contributed by atoms with Crippen LogP contribution < -0.4 is 4.90 Å². The van der Waals surface area contributed by atoms with Crippen molar-refractivity contribution in [2.75, 3.05) is 31.1 Å². The number of carbonyl (C=O) groups excluding carboxylic acids is 1. The monoisotopic (exact) mass is 352 g/mol. The molecule has 26 heavy (non-hydrogen) atoms. The summed E-state index contributed by atoms with van der Waals surface area (Å²) in [7, 11) is 0. The van der Waals surface area contributed by atoms with Gasteiger partial charge in [-0.05, 0) is 35.6 Å². The third kappa shape index (κ3) is 4.40. The Kier molecular flexibility index (Phi) is 5.25. The van der Waals surface area contributed by atoms with Gasteiger partial charge in [0, 0.05) is 26.2 Å². The third-order valence-electron chi connectivity index (χ3n) is 4.92. The summed E-state index contributed by atoms with van der Waals surface area (Å²) in [5.74, 6) is 1.09. The molecule has 1 aromatic heterocycles. The molecule has 0 radical (unpaired) electrons. The first kappa shape index (κ1) is 18.4. The molecule has 1 saturated heterocycles. The average molecular weight is 352 g/mol. The molecule has 0 spiro atoms. The van der Waals surface area contributed by atoms with Crippen molar-refractivity contribution in [3.05, 3.63) is 53.2 Å². The third-order valence-corrected chi connectivity index (χ3v) is 4.92. The van der Waals surface area contributed by atoms with E-state index >= 15 is 0 Å². The van der Waals surface area contributed by atoms with Gasteiger partial charge in [0.25, 0.3) is 0 Å². The number of benzene rings is 1. The van der Waals surface area contributed by atoms with Crippen LogP contribution in [0.4, 0.5) is 5.82 Å². The molecule has 2 aromatic rings. The van der Waals surface area contributed by atoms with E-state index in [9.17, 15) is 4.79 Å². The number of hydrogen-bond donors (Lipinski definition) is 0. The minimum atomic E-state index is 0.137. The second-order valence-electron chi connectivity index (χ2n) is 8.02. The van der Waals surface area contributed by atoms with Crippen molar-refractivity contribution in [1.82, 2.24) is 15.1 Å². The van der Waals surface area contributed by atoms with Gasteiger partial charge < -0.3 is 9.80 Å². The van der Waals surface area contributed by atoms with Gasteiger partial charge in [0.15, 0.2) is 5.82 Å². The number of piperazine rings is 1. The summed E-state index contributed by atoms with van der Waals surface area (Å²) < 4.78 is 0. The Morgan fingerprint density at radius 2 is 1.62 bits per heavy atom. The van der Waals surface area contributed by atoms with Gasteiger partial charge in [0.2, 0.25) is 5.91 Å². The predicted molar refractivity (Wildman–Crippen MR) is 104 cm³/mol. The molecule has 2 heterocycles. The van der Waals surface area contributed by atoms with E-state index in [0.717, 1.165) is 43.3 Å². The minimum absolute atomic E-state index is 0.137. The van der Waals surface area contributed by atoms with Crippen LogP contribution in [0.2, 0.25) is 0 Å². The maximum Gasteiger partial charge on any atom is 0.227 e. The van der Waals surface area contributed by atoms with Crippen LogP contribution in [0.1, 0.15) is 37.6 Å². The Bertz CT molecular complexity index is 739. The van der Waals surface area contributed by atoms with Crippen LogP contribution in [0.15, 0.2) is 36.4 Å². The Morgan fingerprint density at radius 3 is 2.15 bits per heavy atom. The summed E-state index contributed by atoms with van der Waals surface area (Å²) in [4.78, 5) is 16.8. The molecule has 5 heteroatoms. The van der Waals surface area contributed by atoms with Gasteiger partial charge in [-0.1, -0.05) is 45.0 Å². The molecular formula is C21H28N4O. The van der Waals surface area contributed by atoms with E-state index in [-0.39, 0.29) is 11.3 Å². The molecule has 0 unspecified atom stereocenters. The largest absolute Gasteiger partial charge is 0.352 e. The summed E-state index contributed by atoms with van der Waals surface area (Å²) in [6.45, 7) is 11.6. The number of amides is 1. The second-order valence-corrected chi connectivity index (χ2v) is 8.02. The number of anilines is 1. The van der Waals surface area contributed by atoms with E-state index in [0.29, 0.717) is 6.42 Å². The maximum atomic E-state index is 12.6. The lowest BCUT2D eigenvalue weighted by Crippen LogP contribution is -2.49. The first-order valence-electron chi connectivity index (χ1n) is 9.25. The topological polar surface area (TPSA) is 49.3 Å². The van der Waals surface area contributed by atoms with E-state index in [1.807, 2.05) is 24.0 Å². The highest BCUT2D eigenvalue weighted by Gasteiger charge is 2.22. The Balaban J connectivity index is 1.54. The summed E-state index contributed by atoms with van der Waals surface area (Å²) in [5, 5.41) is 8.36. The zero-order chi connectivity index (χ0) is 18.7. The van der Waals surface area contributed by atoms with E-state index in [4.69, 9.17) is 0 Å². The first-order valence-corrected chi connectivity index (χ1v) is 9.25. The quantitative estimate of drug-likeness (QED) is 0.852. The van der Waals surface area contributed by atoms with Crippen LogP contribution >= 0.6 is 0 Å². The number of aromatic nitrogens is 2. The van der Waals surface area contributed by atoms with Crippen molar-refractivity contribution in [2.45, 2.75) is 39.5 Å². The molecule has 1 fully saturated rings. The van der Waals surface area contributed by atoms with E-state index in [2.05, 4.69) is 60.1 Å². The van der Waals surface area contributed by atoms with Gasteiger partial charge in [0.1, 0.15) is 0 Å². The van der Waals surface area contributed by atoms with Crippen LogP contribution in [0, 0.1) is 6.92 Å². The van der Waals surface area contributed by atoms with Crippen LogP contribution in [0.5, 0.6) is 0 Å². The Hall–Kier alpha value is -2.43. The summed E-state index contributed by atoms with van der Waals surface area (Å²) in [5.41, 5.74) is 3.42. The van der Waals surface area contributed by atoms with Crippen molar-refractivity contribution in [3.8, 4) is 0 Å². The lowest BCUT2D eigenvalue weighted by molar-refractivity contribution is -0.130. The van der Waals surface area contributed by atoms with Crippen LogP contribution in [0.25, 0.3) is 0 Å². The standard InChI is InChI=1S/C21H28N4O/c1-16-5-10-19(23-22-16)24-11-13-25(14-12-24)20(26)15-17-6-8-18(9-7-17)21(2,3)4/h5-10H,11-15H2,1-4H3. The Morgan fingerprint density at radius 1 is 0.962 bits per heavy atom. The average Bonchev–Trinajstić information content (AvgIpc) is 2.62. The molecule has 0 bridgehead atoms. The predicted octanol–water partition coefficient (Wildman–Crippen LogP) is 2.97. The van der Waals surface area contributed by atoms with Crippen LogP contribution in [-0.4, -0.2) is 47.2 Å². The summed E-state index contributed by atoms with van der Waals surface area (Å²) in [6.07, 6.45) is 0.467. The smallest absolute Gasteiger partial charge is 0.227 e. The van der Waals surface area contributed by atoms with Crippen molar-refractivity contribution in [1.29, 1.82) is 0 Å². The molecule has 1 aliphatic heterocycles. The fourth-order valence-corrected chi connectivity index (χ4v) is 3.15. The number of nitrogens with zero attached hydrogens (tertiary/aromatic N) is 4. The van der Waals surface area contributed by atoms with E-state index < -0.39 is 0 Å². The van der Waals surface area contributed by atoms with Crippen molar-refractivity contribution in [3.63, 3.8) is 0 Å². The van der Waals surface area contributed by atoms with Crippen LogP contribution in [-0.2, 0) is 16.6 Å². The zero-order valence-electron chi connectivity index (χ0n) is 16.2. The number of aryl methyl sites for hydroxylation is 1. The van der Waals surface area contributed by atoms with Gasteiger partial charge >= 0.3 is 0 Å². The molecule has 3 rings (SSSR count). The molecule has 0 atom stereocenters. The normalized spacial score (nSPS) is 15.2. The molecule has 138 valence electrons. The van der Waals surface area contributed by atoms with Gasteiger partial charge in [0.05, 0.1) is 12.1 Å². The molecule has 0 N–H and O–H groups in total. The maximum absolute atomic E-state index is 12.6. The second kappa shape index (κ2) is 7.44. The first-order chi connectivity index (χ1) is 12.3. The molecule has 5 nitrogen and oxygen atoms in total. The summed E-state index contributed by atoms with van der Waals surface area (Å²) in [6, 6.07) is 12.4. The lowest BCUT2D eigenvalue weighted by Gasteiger charge is -2.35. The highest BCUT2D eigenvalue weighted by molar-refractivity contribution is 5.79.